The number of carbonyl (C=O) groups excluding carboxylic acids is 1. The van der Waals surface area contributed by atoms with Crippen molar-refractivity contribution >= 4 is 18.2 Å². The summed E-state index contributed by atoms with van der Waals surface area (Å²) in [5.41, 5.74) is 2.68. The monoisotopic (exact) mass is 243 g/mol. The molecule has 0 saturated heterocycles. The van der Waals surface area contributed by atoms with E-state index in [2.05, 4.69) is 12.2 Å². The Kier molecular flexibility index (Phi) is 5.50. The van der Waals surface area contributed by atoms with Gasteiger partial charge in [0.1, 0.15) is 0 Å². The highest BCUT2D eigenvalue weighted by atomic mass is 35.5. The Balaban J connectivity index is 0.00000128. The summed E-state index contributed by atoms with van der Waals surface area (Å²) in [6, 6.07) is 0. The topological polar surface area (TPSA) is 29.1 Å². The van der Waals surface area contributed by atoms with Gasteiger partial charge in [0, 0.05) is 12.5 Å². The van der Waals surface area contributed by atoms with E-state index in [0.717, 1.165) is 32.4 Å². The summed E-state index contributed by atoms with van der Waals surface area (Å²) in [4.78, 5) is 12.0. The van der Waals surface area contributed by atoms with Crippen molar-refractivity contribution in [2.75, 3.05) is 13.1 Å². The summed E-state index contributed by atoms with van der Waals surface area (Å²) in [6.07, 6.45) is 6.95. The molecule has 0 amide bonds. The molecule has 2 rings (SSSR count). The number of carbonyl (C=O) groups is 1. The summed E-state index contributed by atoms with van der Waals surface area (Å²) >= 11 is 0. The van der Waals surface area contributed by atoms with Crippen LogP contribution in [0.3, 0.4) is 0 Å². The van der Waals surface area contributed by atoms with Crippen molar-refractivity contribution in [3.63, 3.8) is 0 Å². The van der Waals surface area contributed by atoms with E-state index >= 15 is 0 Å². The van der Waals surface area contributed by atoms with Crippen LogP contribution in [-0.2, 0) is 4.79 Å². The lowest BCUT2D eigenvalue weighted by molar-refractivity contribution is -0.118. The van der Waals surface area contributed by atoms with Crippen molar-refractivity contribution in [3.05, 3.63) is 11.1 Å². The van der Waals surface area contributed by atoms with Crippen LogP contribution < -0.4 is 5.32 Å². The highest BCUT2D eigenvalue weighted by molar-refractivity contribution is 6.00. The maximum Gasteiger partial charge on any atom is 0.163 e. The fourth-order valence-corrected chi connectivity index (χ4v) is 2.74. The van der Waals surface area contributed by atoms with E-state index in [-0.39, 0.29) is 18.3 Å². The predicted octanol–water partition coefficient (Wildman–Crippen LogP) is 2.87. The summed E-state index contributed by atoms with van der Waals surface area (Å²) in [5, 5.41) is 3.37. The van der Waals surface area contributed by atoms with E-state index < -0.39 is 0 Å². The van der Waals surface area contributed by atoms with Crippen molar-refractivity contribution in [3.8, 4) is 0 Å². The largest absolute Gasteiger partial charge is 0.316 e. The molecule has 1 unspecified atom stereocenters. The van der Waals surface area contributed by atoms with Crippen molar-refractivity contribution < 1.29 is 4.79 Å². The first-order chi connectivity index (χ1) is 7.33. The second kappa shape index (κ2) is 6.41. The number of allylic oxidation sites excluding steroid dienone is 2. The predicted molar refractivity (Wildman–Crippen MR) is 69.0 cm³/mol. The van der Waals surface area contributed by atoms with E-state index in [0.29, 0.717) is 5.78 Å². The molecule has 92 valence electrons. The zero-order valence-electron chi connectivity index (χ0n) is 10.1. The molecule has 3 heteroatoms. The molecule has 0 bridgehead atoms. The van der Waals surface area contributed by atoms with Gasteiger partial charge in [-0.2, -0.15) is 0 Å². The molecule has 16 heavy (non-hydrogen) atoms. The molecule has 2 aliphatic rings. The standard InChI is InChI=1S/C13H21NO.ClH/c1-2-7-14-9-11-8-10-5-3-4-6-12(10)13(11)15;/h11,14H,2-9H2,1H3;1H. The van der Waals surface area contributed by atoms with Gasteiger partial charge in [0.2, 0.25) is 0 Å². The van der Waals surface area contributed by atoms with Crippen LogP contribution >= 0.6 is 12.4 Å². The highest BCUT2D eigenvalue weighted by Gasteiger charge is 2.33. The van der Waals surface area contributed by atoms with Crippen molar-refractivity contribution in [1.29, 1.82) is 0 Å². The molecule has 0 aromatic heterocycles. The molecule has 2 nitrogen and oxygen atoms in total. The number of ketones is 1. The minimum absolute atomic E-state index is 0. The van der Waals surface area contributed by atoms with Gasteiger partial charge < -0.3 is 5.32 Å². The number of hydrogen-bond donors (Lipinski definition) is 1. The fraction of sp³-hybridized carbons (Fsp3) is 0.769. The normalized spacial score (nSPS) is 24.3. The number of nitrogens with one attached hydrogen (secondary N) is 1. The van der Waals surface area contributed by atoms with Crippen LogP contribution in [0.2, 0.25) is 0 Å². The summed E-state index contributed by atoms with van der Waals surface area (Å²) in [5.74, 6) is 0.716. The van der Waals surface area contributed by atoms with Crippen LogP contribution in [0.5, 0.6) is 0 Å². The van der Waals surface area contributed by atoms with Gasteiger partial charge in [-0.25, -0.2) is 0 Å². The van der Waals surface area contributed by atoms with Crippen LogP contribution in [0.4, 0.5) is 0 Å². The Bertz CT molecular complexity index is 286. The van der Waals surface area contributed by atoms with Crippen molar-refractivity contribution in [2.24, 2.45) is 5.92 Å². The van der Waals surface area contributed by atoms with Gasteiger partial charge in [-0.1, -0.05) is 12.5 Å². The average molecular weight is 244 g/mol. The maximum atomic E-state index is 12.0. The van der Waals surface area contributed by atoms with Crippen LogP contribution in [0, 0.1) is 5.92 Å². The Morgan fingerprint density at radius 1 is 1.31 bits per heavy atom. The quantitative estimate of drug-likeness (QED) is 0.770. The molecular formula is C13H22ClNO. The highest BCUT2D eigenvalue weighted by Crippen LogP contribution is 2.37. The van der Waals surface area contributed by atoms with E-state index in [1.807, 2.05) is 0 Å². The van der Waals surface area contributed by atoms with Gasteiger partial charge in [0.25, 0.3) is 0 Å². The lowest BCUT2D eigenvalue weighted by Gasteiger charge is -2.11. The number of rotatable bonds is 4. The molecule has 0 aromatic carbocycles. The zero-order chi connectivity index (χ0) is 10.7. The molecule has 0 aromatic rings. The van der Waals surface area contributed by atoms with Crippen LogP contribution in [-0.4, -0.2) is 18.9 Å². The third-order valence-electron chi connectivity index (χ3n) is 3.56. The second-order valence-corrected chi connectivity index (χ2v) is 4.76. The molecule has 0 fully saturated rings. The van der Waals surface area contributed by atoms with Crippen molar-refractivity contribution in [2.45, 2.75) is 45.4 Å². The summed E-state index contributed by atoms with van der Waals surface area (Å²) in [7, 11) is 0. The molecule has 0 heterocycles. The Labute approximate surface area is 104 Å². The molecule has 1 N–H and O–H groups in total. The van der Waals surface area contributed by atoms with E-state index in [1.54, 1.807) is 0 Å². The lowest BCUT2D eigenvalue weighted by Crippen LogP contribution is -2.27. The van der Waals surface area contributed by atoms with Gasteiger partial charge >= 0.3 is 0 Å². The fourth-order valence-electron chi connectivity index (χ4n) is 2.74. The number of Topliss-reactive ketones (excluding diaryl/α,β-unsaturated/α-hetero) is 1. The molecule has 0 spiro atoms. The third kappa shape index (κ3) is 2.86. The summed E-state index contributed by atoms with van der Waals surface area (Å²) in [6.45, 7) is 4.08. The number of halogens is 1. The van der Waals surface area contributed by atoms with Crippen LogP contribution in [0.15, 0.2) is 11.1 Å². The van der Waals surface area contributed by atoms with E-state index in [4.69, 9.17) is 0 Å². The van der Waals surface area contributed by atoms with Crippen LogP contribution in [0.25, 0.3) is 0 Å². The number of hydrogen-bond acceptors (Lipinski definition) is 2. The zero-order valence-corrected chi connectivity index (χ0v) is 10.9. The second-order valence-electron chi connectivity index (χ2n) is 4.76. The minimum atomic E-state index is 0. The van der Waals surface area contributed by atoms with Crippen LogP contribution in [0.1, 0.15) is 45.4 Å². The summed E-state index contributed by atoms with van der Waals surface area (Å²) < 4.78 is 0. The third-order valence-corrected chi connectivity index (χ3v) is 3.56. The molecule has 2 aliphatic carbocycles. The Hall–Kier alpha value is -0.340. The lowest BCUT2D eigenvalue weighted by atomic mass is 9.94. The first-order valence-corrected chi connectivity index (χ1v) is 6.28. The Morgan fingerprint density at radius 3 is 2.75 bits per heavy atom. The molecule has 0 radical (unpaired) electrons. The van der Waals surface area contributed by atoms with E-state index in [1.165, 1.54) is 30.4 Å². The SMILES string of the molecule is CCCNCC1CC2=C(CCCC2)C1=O.Cl. The average Bonchev–Trinajstić information content (AvgIpc) is 2.57. The maximum absolute atomic E-state index is 12.0. The first kappa shape index (κ1) is 13.7. The smallest absolute Gasteiger partial charge is 0.163 e. The van der Waals surface area contributed by atoms with Gasteiger partial charge in [-0.15, -0.1) is 12.4 Å². The molecular weight excluding hydrogens is 222 g/mol. The van der Waals surface area contributed by atoms with Gasteiger partial charge in [0.15, 0.2) is 5.78 Å². The van der Waals surface area contributed by atoms with Crippen molar-refractivity contribution in [1.82, 2.24) is 5.32 Å². The van der Waals surface area contributed by atoms with E-state index in [9.17, 15) is 4.79 Å². The minimum Gasteiger partial charge on any atom is -0.316 e. The Morgan fingerprint density at radius 2 is 2.06 bits per heavy atom. The van der Waals surface area contributed by atoms with Gasteiger partial charge in [0.05, 0.1) is 0 Å². The molecule has 0 aliphatic heterocycles. The van der Waals surface area contributed by atoms with Gasteiger partial charge in [-0.3, -0.25) is 4.79 Å². The first-order valence-electron chi connectivity index (χ1n) is 6.28. The molecule has 1 atom stereocenters. The van der Waals surface area contributed by atoms with Gasteiger partial charge in [-0.05, 0) is 50.6 Å². The molecule has 0 saturated carbocycles.